The Hall–Kier alpha value is -9.23. The number of benzene rings is 9. The van der Waals surface area contributed by atoms with Crippen LogP contribution in [-0.4, -0.2) is 126 Å². The molecule has 3 N–H and O–H groups in total. The summed E-state index contributed by atoms with van der Waals surface area (Å²) in [6.07, 6.45) is 6.93. The molecule has 9 aromatic carbocycles. The quantitative estimate of drug-likeness (QED) is 0.0390. The lowest BCUT2D eigenvalue weighted by Gasteiger charge is -2.30. The first-order valence-corrected chi connectivity index (χ1v) is 36.9. The molecular formula is C83H77ClFN3O9S3. The predicted molar refractivity (Wildman–Crippen MR) is 404 cm³/mol. The molecule has 0 radical (unpaired) electrons. The summed E-state index contributed by atoms with van der Waals surface area (Å²) >= 11 is 10.4. The Morgan fingerprint density at radius 1 is 0.420 bits per heavy atom. The highest BCUT2D eigenvalue weighted by atomic mass is 35.5. The van der Waals surface area contributed by atoms with E-state index in [9.17, 15) is 34.1 Å². The number of aromatic hydroxyl groups is 3. The largest absolute Gasteiger partial charge is 0.508 e. The number of phenolic OH excluding ortho intramolecular Hbond substituents is 3. The predicted octanol–water partition coefficient (Wildman–Crippen LogP) is 19.3. The molecule has 12 aromatic rings. The number of halogens is 2. The number of aryl methyl sites for hydroxylation is 2. The van der Waals surface area contributed by atoms with Crippen LogP contribution in [0.15, 0.2) is 194 Å². The molecule has 0 saturated carbocycles. The molecule has 0 aliphatic carbocycles. The topological polar surface area (TPSA) is 149 Å². The number of carbonyl (C=O) groups excluding carboxylic acids is 3. The lowest BCUT2D eigenvalue weighted by Crippen LogP contribution is -2.38. The monoisotopic (exact) mass is 1410 g/mol. The Labute approximate surface area is 598 Å². The van der Waals surface area contributed by atoms with Crippen LogP contribution in [0.4, 0.5) is 4.39 Å². The van der Waals surface area contributed by atoms with Gasteiger partial charge < -0.3 is 44.2 Å². The molecule has 3 aromatic heterocycles. The first-order valence-electron chi connectivity index (χ1n) is 34.0. The van der Waals surface area contributed by atoms with Gasteiger partial charge in [-0.15, -0.1) is 34.0 Å². The molecule has 3 saturated heterocycles. The van der Waals surface area contributed by atoms with Gasteiger partial charge in [0.1, 0.15) is 40.3 Å². The molecule has 15 rings (SSSR count). The van der Waals surface area contributed by atoms with E-state index in [4.69, 9.17) is 25.8 Å². The number of hydrogen-bond acceptors (Lipinski definition) is 15. The van der Waals surface area contributed by atoms with Crippen molar-refractivity contribution >= 4 is 93.2 Å². The molecule has 0 atom stereocenters. The van der Waals surface area contributed by atoms with Crippen molar-refractivity contribution in [3.05, 3.63) is 247 Å². The number of fused-ring (bicyclic) bond motifs is 3. The third-order valence-electron chi connectivity index (χ3n) is 18.4. The third-order valence-corrected chi connectivity index (χ3v) is 22.2. The molecule has 0 bridgehead atoms. The Kier molecular flexibility index (Phi) is 22.1. The highest BCUT2D eigenvalue weighted by Crippen LogP contribution is 2.46. The van der Waals surface area contributed by atoms with Gasteiger partial charge in [0.25, 0.3) is 0 Å². The van der Waals surface area contributed by atoms with Gasteiger partial charge in [0.2, 0.25) is 17.3 Å². The molecule has 3 fully saturated rings. The van der Waals surface area contributed by atoms with Gasteiger partial charge in [-0.1, -0.05) is 96.0 Å². The number of rotatable bonds is 24. The Bertz CT molecular complexity index is 4700. The smallest absolute Gasteiger partial charge is 0.206 e. The highest BCUT2D eigenvalue weighted by molar-refractivity contribution is 7.22. The Morgan fingerprint density at radius 3 is 1.12 bits per heavy atom. The van der Waals surface area contributed by atoms with E-state index in [0.29, 0.717) is 50.6 Å². The second-order valence-electron chi connectivity index (χ2n) is 25.5. The number of ether oxygens (including phenoxy) is 3. The van der Waals surface area contributed by atoms with Gasteiger partial charge in [-0.25, -0.2) is 4.39 Å². The van der Waals surface area contributed by atoms with E-state index in [2.05, 4.69) is 14.7 Å². The maximum Gasteiger partial charge on any atom is 0.206 e. The van der Waals surface area contributed by atoms with Gasteiger partial charge in [-0.05, 0) is 229 Å². The number of hydrogen-bond donors (Lipinski definition) is 3. The van der Waals surface area contributed by atoms with E-state index in [1.165, 1.54) is 105 Å². The zero-order chi connectivity index (χ0) is 69.2. The number of phenols is 3. The van der Waals surface area contributed by atoms with Gasteiger partial charge in [-0.2, -0.15) is 0 Å². The summed E-state index contributed by atoms with van der Waals surface area (Å²) < 4.78 is 34.7. The maximum absolute atomic E-state index is 14.4. The summed E-state index contributed by atoms with van der Waals surface area (Å²) in [4.78, 5) is 49.5. The normalized spacial score (nSPS) is 13.7. The van der Waals surface area contributed by atoms with Crippen LogP contribution < -0.4 is 14.2 Å². The summed E-state index contributed by atoms with van der Waals surface area (Å²) in [6, 6.07) is 58.2. The van der Waals surface area contributed by atoms with Gasteiger partial charge in [0.15, 0.2) is 0 Å². The zero-order valence-electron chi connectivity index (χ0n) is 55.8. The number of carbonyl (C=O) groups is 3. The molecule has 100 heavy (non-hydrogen) atoms. The van der Waals surface area contributed by atoms with Gasteiger partial charge in [-0.3, -0.25) is 14.4 Å². The molecule has 6 heterocycles. The molecule has 0 amide bonds. The Balaban J connectivity index is 0.000000134. The number of thiophene rings is 3. The second kappa shape index (κ2) is 32.0. The third kappa shape index (κ3) is 16.2. The van der Waals surface area contributed by atoms with Crippen molar-refractivity contribution in [2.75, 3.05) is 78.7 Å². The highest BCUT2D eigenvalue weighted by Gasteiger charge is 2.27. The van der Waals surface area contributed by atoms with Crippen LogP contribution in [0.25, 0.3) is 63.6 Å². The maximum atomic E-state index is 14.4. The second-order valence-corrected chi connectivity index (χ2v) is 29.1. The van der Waals surface area contributed by atoms with Crippen molar-refractivity contribution in [2.45, 2.75) is 52.4 Å². The van der Waals surface area contributed by atoms with E-state index in [-0.39, 0.29) is 40.2 Å². The first kappa shape index (κ1) is 69.3. The van der Waals surface area contributed by atoms with Crippen molar-refractivity contribution in [2.24, 2.45) is 0 Å². The lowest BCUT2D eigenvalue weighted by molar-refractivity contribution is 0.103. The van der Waals surface area contributed by atoms with Crippen molar-refractivity contribution < 1.29 is 48.3 Å². The van der Waals surface area contributed by atoms with E-state index >= 15 is 0 Å². The molecule has 510 valence electrons. The van der Waals surface area contributed by atoms with Crippen molar-refractivity contribution in [1.29, 1.82) is 0 Å². The standard InChI is InChI=1S/C29H29NO3S.C27H24ClNO3S.C27H24FNO3S/c1-19-5-11-24(20(2)17-19)28(32)29-27(25-12-8-22(31)18-26(25)34-29)21-6-9-23(10-7-21)33-16-4-15-30-13-3-14-30;2*28-23-6-2-1-5-21(23)26(31)27-25(22-12-9-19(30)17-24(22)33-27)18-7-10-20(11-8-18)32-16-4-15-29-13-3-14-29/h5-12,17-18,31H,3-4,13-16H2,1-2H3;2*1-2,5-12,17,30H,3-4,13-16H2. The summed E-state index contributed by atoms with van der Waals surface area (Å²) in [6.45, 7) is 16.5. The van der Waals surface area contributed by atoms with Crippen LogP contribution in [0.5, 0.6) is 34.5 Å². The van der Waals surface area contributed by atoms with E-state index < -0.39 is 5.82 Å². The van der Waals surface area contributed by atoms with Crippen LogP contribution in [0, 0.1) is 19.7 Å². The molecule has 17 heteroatoms. The van der Waals surface area contributed by atoms with E-state index in [1.807, 2.05) is 129 Å². The van der Waals surface area contributed by atoms with Crippen LogP contribution in [-0.2, 0) is 0 Å². The summed E-state index contributed by atoms with van der Waals surface area (Å²) in [5, 5.41) is 33.1. The minimum absolute atomic E-state index is 0.0134. The summed E-state index contributed by atoms with van der Waals surface area (Å²) in [5.41, 5.74) is 8.58. The molecule has 3 aliphatic heterocycles. The van der Waals surface area contributed by atoms with Gasteiger partial charge in [0.05, 0.1) is 45.0 Å². The molecule has 3 aliphatic rings. The van der Waals surface area contributed by atoms with E-state index in [1.54, 1.807) is 66.7 Å². The van der Waals surface area contributed by atoms with Crippen molar-refractivity contribution in [3.8, 4) is 67.9 Å². The average Bonchev–Trinajstić information content (AvgIpc) is 1.62. The van der Waals surface area contributed by atoms with Crippen molar-refractivity contribution in [1.82, 2.24) is 14.7 Å². The molecular weight excluding hydrogens is 1330 g/mol. The zero-order valence-corrected chi connectivity index (χ0v) is 59.0. The fourth-order valence-corrected chi connectivity index (χ4v) is 16.6. The van der Waals surface area contributed by atoms with E-state index in [0.717, 1.165) is 131 Å². The number of ketones is 3. The van der Waals surface area contributed by atoms with Gasteiger partial charge >= 0.3 is 0 Å². The van der Waals surface area contributed by atoms with Crippen molar-refractivity contribution in [3.63, 3.8) is 0 Å². The van der Waals surface area contributed by atoms with Crippen LogP contribution >= 0.6 is 45.6 Å². The minimum atomic E-state index is -0.546. The lowest BCUT2D eigenvalue weighted by atomic mass is 9.95. The fourth-order valence-electron chi connectivity index (χ4n) is 12.7. The van der Waals surface area contributed by atoms with Crippen LogP contribution in [0.2, 0.25) is 5.02 Å². The Morgan fingerprint density at radius 2 is 0.770 bits per heavy atom. The average molecular weight is 1410 g/mol. The summed E-state index contributed by atoms with van der Waals surface area (Å²) in [5.74, 6) is 1.92. The van der Waals surface area contributed by atoms with Crippen LogP contribution in [0.1, 0.15) is 95.4 Å². The van der Waals surface area contributed by atoms with Gasteiger partial charge in [0, 0.05) is 77.7 Å². The SMILES string of the molecule is Cc1ccc(C(=O)c2sc3cc(O)ccc3c2-c2ccc(OCCCN3CCC3)cc2)c(C)c1.O=C(c1ccccc1Cl)c1sc2cc(O)ccc2c1-c1ccc(OCCCN2CCC2)cc1.O=C(c1ccccc1F)c1sc2cc(O)ccc2c1-c1ccc(OCCCN2CCC2)cc1. The fraction of sp³-hybridized carbons (Fsp3) is 0.241. The first-order chi connectivity index (χ1) is 48.7. The molecule has 0 unspecified atom stereocenters. The molecule has 12 nitrogen and oxygen atoms in total. The number of likely N-dealkylation sites (tertiary alicyclic amines) is 3. The molecule has 0 spiro atoms. The minimum Gasteiger partial charge on any atom is -0.508 e. The summed E-state index contributed by atoms with van der Waals surface area (Å²) in [7, 11) is 0. The number of nitrogens with zero attached hydrogens (tertiary/aromatic N) is 3. The van der Waals surface area contributed by atoms with Crippen LogP contribution in [0.3, 0.4) is 0 Å².